The summed E-state index contributed by atoms with van der Waals surface area (Å²) in [4.78, 5) is 28.2. The molecule has 0 aromatic heterocycles. The highest BCUT2D eigenvalue weighted by Crippen LogP contribution is 2.29. The van der Waals surface area contributed by atoms with Gasteiger partial charge in [0.05, 0.1) is 25.6 Å². The fourth-order valence-corrected chi connectivity index (χ4v) is 3.08. The van der Waals surface area contributed by atoms with Gasteiger partial charge in [-0.25, -0.2) is 0 Å². The van der Waals surface area contributed by atoms with Crippen molar-refractivity contribution in [2.45, 2.75) is 0 Å². The van der Waals surface area contributed by atoms with Gasteiger partial charge in [0.2, 0.25) is 6.20 Å². The van der Waals surface area contributed by atoms with Crippen molar-refractivity contribution < 1.29 is 38.8 Å². The number of carbonyl (C=O) groups is 2. The molecule has 0 atom stereocenters. The summed E-state index contributed by atoms with van der Waals surface area (Å²) in [6, 6.07) is 8.96. The topological polar surface area (TPSA) is 131 Å². The maximum Gasteiger partial charge on any atom is 0.336 e. The molecule has 0 saturated carbocycles. The van der Waals surface area contributed by atoms with Crippen LogP contribution in [0.3, 0.4) is 0 Å². The molecule has 31 heavy (non-hydrogen) atoms. The van der Waals surface area contributed by atoms with Gasteiger partial charge >= 0.3 is 6.34 Å². The van der Waals surface area contributed by atoms with Gasteiger partial charge in [0.25, 0.3) is 11.8 Å². The van der Waals surface area contributed by atoms with Crippen LogP contribution in [0.5, 0.6) is 23.0 Å². The average Bonchev–Trinajstić information content (AvgIpc) is 3.18. The summed E-state index contributed by atoms with van der Waals surface area (Å²) in [6.07, 6.45) is 4.87. The van der Waals surface area contributed by atoms with Crippen LogP contribution < -0.4 is 25.1 Å². The van der Waals surface area contributed by atoms with Gasteiger partial charge in [0.15, 0.2) is 19.3 Å². The fourth-order valence-electron chi connectivity index (χ4n) is 3.08. The van der Waals surface area contributed by atoms with Crippen molar-refractivity contribution in [1.29, 1.82) is 0 Å². The number of phenols is 2. The number of ether oxygens (including phenoxy) is 2. The largest absolute Gasteiger partial charge is 0.506 e. The van der Waals surface area contributed by atoms with Gasteiger partial charge < -0.3 is 30.3 Å². The molecule has 2 aromatic rings. The quantitative estimate of drug-likeness (QED) is 0.300. The minimum Gasteiger partial charge on any atom is -0.506 e. The van der Waals surface area contributed by atoms with Crippen molar-refractivity contribution in [2.24, 2.45) is 0 Å². The summed E-state index contributed by atoms with van der Waals surface area (Å²) in [5.74, 6) is -0.111. The van der Waals surface area contributed by atoms with Crippen LogP contribution in [0.2, 0.25) is 0 Å². The Morgan fingerprint density at radius 1 is 0.903 bits per heavy atom. The Balaban J connectivity index is 1.70. The summed E-state index contributed by atoms with van der Waals surface area (Å²) >= 11 is 0. The van der Waals surface area contributed by atoms with Crippen LogP contribution in [-0.2, 0) is 9.59 Å². The monoisotopic (exact) mass is 428 g/mol. The lowest BCUT2D eigenvalue weighted by Gasteiger charge is -2.23. The summed E-state index contributed by atoms with van der Waals surface area (Å²) < 4.78 is 10.1. The number of rotatable bonds is 8. The van der Waals surface area contributed by atoms with Crippen LogP contribution in [0.25, 0.3) is 0 Å². The number of anilines is 2. The van der Waals surface area contributed by atoms with E-state index in [-0.39, 0.29) is 40.4 Å². The number of nitrogens with one attached hydrogen (secondary N) is 3. The SMILES string of the molecule is COc1ccc(O)c(NC(=O)C[N+]2(CC(=O)Nc3cc(OC)ccc3O)C=C[NH+]=C2)c1. The lowest BCUT2D eigenvalue weighted by atomic mass is 10.2. The highest BCUT2D eigenvalue weighted by atomic mass is 16.5. The van der Waals surface area contributed by atoms with Gasteiger partial charge in [-0.15, -0.1) is 0 Å². The zero-order chi connectivity index (χ0) is 22.4. The molecule has 10 heteroatoms. The van der Waals surface area contributed by atoms with E-state index in [1.807, 2.05) is 0 Å². The third kappa shape index (κ3) is 5.31. The van der Waals surface area contributed by atoms with Gasteiger partial charge in [0, 0.05) is 12.1 Å². The molecule has 0 radical (unpaired) electrons. The Bertz CT molecular complexity index is 967. The first-order chi connectivity index (χ1) is 14.8. The first kappa shape index (κ1) is 21.7. The van der Waals surface area contributed by atoms with Gasteiger partial charge in [-0.2, -0.15) is 9.48 Å². The van der Waals surface area contributed by atoms with Gasteiger partial charge in [-0.05, 0) is 24.3 Å². The van der Waals surface area contributed by atoms with Gasteiger partial charge in [0.1, 0.15) is 23.0 Å². The molecule has 0 fully saturated rings. The summed E-state index contributed by atoms with van der Waals surface area (Å²) in [5.41, 5.74) is 0.397. The van der Waals surface area contributed by atoms with E-state index in [9.17, 15) is 19.8 Å². The van der Waals surface area contributed by atoms with Crippen molar-refractivity contribution in [1.82, 2.24) is 0 Å². The first-order valence-electron chi connectivity index (χ1n) is 9.32. The average molecular weight is 428 g/mol. The number of nitrogens with zero attached hydrogens (tertiary/aromatic N) is 1. The van der Waals surface area contributed by atoms with E-state index in [4.69, 9.17) is 9.47 Å². The first-order valence-corrected chi connectivity index (χ1v) is 9.32. The van der Waals surface area contributed by atoms with E-state index in [0.29, 0.717) is 11.5 Å². The third-order valence-corrected chi connectivity index (χ3v) is 4.63. The number of hydrogen-bond acceptors (Lipinski definition) is 6. The van der Waals surface area contributed by atoms with Crippen LogP contribution in [0, 0.1) is 0 Å². The number of phenolic OH excluding ortho intramolecular Hbond substituents is 2. The van der Waals surface area contributed by atoms with Crippen LogP contribution in [0.15, 0.2) is 48.8 Å². The Morgan fingerprint density at radius 3 is 1.77 bits per heavy atom. The molecule has 0 aliphatic carbocycles. The molecule has 0 unspecified atom stereocenters. The standard InChI is InChI=1S/C21H22N4O6/c1-30-14-3-5-18(26)16(9-14)23-20(28)11-25(8-7-22-13-25)12-21(29)24-17-10-15(31-2)4-6-19(17)27/h3-10,13H,11-12H2,1-2H3,(H3-,23,24,26,27,28,29)/p+2. The lowest BCUT2D eigenvalue weighted by Crippen LogP contribution is -2.64. The molecule has 1 aliphatic heterocycles. The van der Waals surface area contributed by atoms with E-state index in [1.54, 1.807) is 30.9 Å². The Hall–Kier alpha value is -4.05. The maximum absolute atomic E-state index is 12.7. The normalized spacial score (nSPS) is 13.6. The predicted octanol–water partition coefficient (Wildman–Crippen LogP) is 0.103. The van der Waals surface area contributed by atoms with Gasteiger partial charge in [-0.1, -0.05) is 0 Å². The molecule has 162 valence electrons. The van der Waals surface area contributed by atoms with Crippen molar-refractivity contribution in [3.05, 3.63) is 48.8 Å². The maximum atomic E-state index is 12.7. The predicted molar refractivity (Wildman–Crippen MR) is 113 cm³/mol. The number of amides is 2. The Labute approximate surface area is 178 Å². The third-order valence-electron chi connectivity index (χ3n) is 4.63. The van der Waals surface area contributed by atoms with E-state index >= 15 is 0 Å². The van der Waals surface area contributed by atoms with Crippen LogP contribution >= 0.6 is 0 Å². The molecular weight excluding hydrogens is 404 g/mol. The second kappa shape index (κ2) is 9.18. The lowest BCUT2D eigenvalue weighted by molar-refractivity contribution is -0.770. The van der Waals surface area contributed by atoms with Gasteiger partial charge in [-0.3, -0.25) is 9.59 Å². The van der Waals surface area contributed by atoms with E-state index < -0.39 is 11.8 Å². The number of quaternary nitrogens is 1. The second-order valence-corrected chi connectivity index (χ2v) is 6.89. The molecular formula is C21H24N4O6+2. The van der Waals surface area contributed by atoms with Crippen LogP contribution in [0.4, 0.5) is 11.4 Å². The molecule has 1 heterocycles. The molecule has 1 aliphatic rings. The van der Waals surface area contributed by atoms with Crippen molar-refractivity contribution in [2.75, 3.05) is 37.9 Å². The van der Waals surface area contributed by atoms with Crippen molar-refractivity contribution in [3.63, 3.8) is 0 Å². The number of benzene rings is 2. The Morgan fingerprint density at radius 2 is 1.39 bits per heavy atom. The molecule has 0 saturated heterocycles. The minimum atomic E-state index is -0.426. The molecule has 10 nitrogen and oxygen atoms in total. The van der Waals surface area contributed by atoms with Crippen LogP contribution in [0.1, 0.15) is 0 Å². The molecule has 2 amide bonds. The molecule has 0 bridgehead atoms. The second-order valence-electron chi connectivity index (χ2n) is 6.89. The van der Waals surface area contributed by atoms with Crippen molar-refractivity contribution >= 4 is 29.5 Å². The number of carbonyl (C=O) groups excluding carboxylic acids is 2. The highest BCUT2D eigenvalue weighted by Gasteiger charge is 2.36. The van der Waals surface area contributed by atoms with Crippen LogP contribution in [-0.4, -0.2) is 60.2 Å². The zero-order valence-corrected chi connectivity index (χ0v) is 17.1. The van der Waals surface area contributed by atoms with E-state index in [2.05, 4.69) is 15.6 Å². The zero-order valence-electron chi connectivity index (χ0n) is 17.1. The number of methoxy groups -OCH3 is 2. The van der Waals surface area contributed by atoms with E-state index in [1.165, 1.54) is 38.5 Å². The molecule has 5 N–H and O–H groups in total. The summed E-state index contributed by atoms with van der Waals surface area (Å²) in [5, 5.41) is 25.2. The Kier molecular flexibility index (Phi) is 6.41. The fraction of sp³-hybridized carbons (Fsp3) is 0.190. The summed E-state index contributed by atoms with van der Waals surface area (Å²) in [7, 11) is 2.96. The molecule has 2 aromatic carbocycles. The molecule has 0 spiro atoms. The number of hydrogen-bond donors (Lipinski definition) is 5. The smallest absolute Gasteiger partial charge is 0.336 e. The minimum absolute atomic E-state index is 0.106. The molecule has 3 rings (SSSR count). The van der Waals surface area contributed by atoms with Crippen molar-refractivity contribution in [3.8, 4) is 23.0 Å². The highest BCUT2D eigenvalue weighted by molar-refractivity contribution is 5.96. The van der Waals surface area contributed by atoms with E-state index in [0.717, 1.165) is 0 Å². The number of aromatic hydroxyl groups is 2. The summed E-state index contributed by atoms with van der Waals surface area (Å²) in [6.45, 7) is -0.227.